The van der Waals surface area contributed by atoms with Gasteiger partial charge in [0.2, 0.25) is 5.91 Å². The van der Waals surface area contributed by atoms with E-state index in [0.717, 1.165) is 5.56 Å². The van der Waals surface area contributed by atoms with Crippen molar-refractivity contribution in [2.24, 2.45) is 0 Å². The third-order valence-corrected chi connectivity index (χ3v) is 3.82. The van der Waals surface area contributed by atoms with Crippen molar-refractivity contribution in [3.8, 4) is 17.2 Å². The smallest absolute Gasteiger partial charge is 0.220 e. The summed E-state index contributed by atoms with van der Waals surface area (Å²) in [5, 5.41) is 2.85. The van der Waals surface area contributed by atoms with E-state index in [1.165, 1.54) is 6.07 Å². The molecule has 0 aliphatic heterocycles. The maximum absolute atomic E-state index is 13.5. The Morgan fingerprint density at radius 1 is 1.08 bits per heavy atom. The van der Waals surface area contributed by atoms with Crippen molar-refractivity contribution in [3.05, 3.63) is 53.8 Å². The highest BCUT2D eigenvalue weighted by Crippen LogP contribution is 2.27. The van der Waals surface area contributed by atoms with Gasteiger partial charge in [-0.25, -0.2) is 4.39 Å². The number of halogens is 1. The number of carbonyl (C=O) groups is 1. The summed E-state index contributed by atoms with van der Waals surface area (Å²) in [6.45, 7) is 2.01. The quantitative estimate of drug-likeness (QED) is 0.744. The summed E-state index contributed by atoms with van der Waals surface area (Å²) >= 11 is 0. The molecule has 1 atom stereocenters. The van der Waals surface area contributed by atoms with Crippen LogP contribution in [0.5, 0.6) is 17.2 Å². The molecule has 0 saturated carbocycles. The normalized spacial score (nSPS) is 11.5. The molecule has 0 aromatic heterocycles. The van der Waals surface area contributed by atoms with Crippen molar-refractivity contribution in [3.63, 3.8) is 0 Å². The number of para-hydroxylation sites is 1. The Hall–Kier alpha value is -2.76. The van der Waals surface area contributed by atoms with Crippen LogP contribution in [0, 0.1) is 5.82 Å². The highest BCUT2D eigenvalue weighted by molar-refractivity contribution is 5.76. The fourth-order valence-corrected chi connectivity index (χ4v) is 2.46. The third-order valence-electron chi connectivity index (χ3n) is 3.82. The molecule has 0 saturated heterocycles. The number of amides is 1. The van der Waals surface area contributed by atoms with E-state index >= 15 is 0 Å². The average molecular weight is 361 g/mol. The lowest BCUT2D eigenvalue weighted by molar-refractivity contribution is -0.121. The highest BCUT2D eigenvalue weighted by Gasteiger charge is 2.11. The van der Waals surface area contributed by atoms with Crippen molar-refractivity contribution in [2.75, 3.05) is 20.8 Å². The van der Waals surface area contributed by atoms with E-state index < -0.39 is 5.82 Å². The van der Waals surface area contributed by atoms with Gasteiger partial charge >= 0.3 is 0 Å². The maximum atomic E-state index is 13.5. The number of methoxy groups -OCH3 is 2. The lowest BCUT2D eigenvalue weighted by atomic mass is 10.1. The van der Waals surface area contributed by atoms with Crippen LogP contribution in [0.25, 0.3) is 0 Å². The van der Waals surface area contributed by atoms with Gasteiger partial charge < -0.3 is 19.5 Å². The maximum Gasteiger partial charge on any atom is 0.220 e. The van der Waals surface area contributed by atoms with Crippen LogP contribution in [-0.2, 0) is 11.2 Å². The van der Waals surface area contributed by atoms with Gasteiger partial charge in [0.1, 0.15) is 6.61 Å². The van der Waals surface area contributed by atoms with E-state index in [4.69, 9.17) is 14.2 Å². The van der Waals surface area contributed by atoms with E-state index in [1.54, 1.807) is 32.4 Å². The number of benzene rings is 2. The van der Waals surface area contributed by atoms with Crippen molar-refractivity contribution in [2.45, 2.75) is 25.8 Å². The van der Waals surface area contributed by atoms with Gasteiger partial charge in [0, 0.05) is 6.42 Å². The second-order valence-electron chi connectivity index (χ2n) is 5.90. The molecule has 5 nitrogen and oxygen atoms in total. The minimum absolute atomic E-state index is 0.0931. The summed E-state index contributed by atoms with van der Waals surface area (Å²) in [6.07, 6.45) is 0.909. The molecule has 0 spiro atoms. The molecule has 6 heteroatoms. The van der Waals surface area contributed by atoms with Crippen LogP contribution in [-0.4, -0.2) is 32.8 Å². The lowest BCUT2D eigenvalue weighted by Crippen LogP contribution is -2.36. The second kappa shape index (κ2) is 9.65. The minimum atomic E-state index is -0.417. The van der Waals surface area contributed by atoms with Gasteiger partial charge in [-0.1, -0.05) is 18.2 Å². The number of hydrogen-bond acceptors (Lipinski definition) is 4. The predicted molar refractivity (Wildman–Crippen MR) is 97.4 cm³/mol. The lowest BCUT2D eigenvalue weighted by Gasteiger charge is -2.15. The third kappa shape index (κ3) is 5.65. The van der Waals surface area contributed by atoms with Crippen molar-refractivity contribution >= 4 is 5.91 Å². The molecule has 1 N–H and O–H groups in total. The summed E-state index contributed by atoms with van der Waals surface area (Å²) in [6, 6.07) is 11.5. The van der Waals surface area contributed by atoms with Gasteiger partial charge in [0.05, 0.1) is 20.3 Å². The Balaban J connectivity index is 1.78. The zero-order valence-corrected chi connectivity index (χ0v) is 15.3. The molecule has 0 aliphatic rings. The van der Waals surface area contributed by atoms with Crippen LogP contribution in [0.4, 0.5) is 4.39 Å². The molecule has 2 aromatic rings. The van der Waals surface area contributed by atoms with Crippen LogP contribution in [0.1, 0.15) is 18.9 Å². The fraction of sp³-hybridized carbons (Fsp3) is 0.350. The second-order valence-corrected chi connectivity index (χ2v) is 5.90. The van der Waals surface area contributed by atoms with Gasteiger partial charge in [-0.3, -0.25) is 4.79 Å². The van der Waals surface area contributed by atoms with E-state index in [9.17, 15) is 9.18 Å². The standard InChI is InChI=1S/C20H24FNO4/c1-14(13-26-17-7-5-4-6-16(17)21)22-20(23)11-9-15-8-10-18(24-2)19(12-15)25-3/h4-8,10,12,14H,9,11,13H2,1-3H3,(H,22,23). The van der Waals surface area contributed by atoms with Gasteiger partial charge in [-0.15, -0.1) is 0 Å². The first-order valence-corrected chi connectivity index (χ1v) is 8.41. The SMILES string of the molecule is COc1ccc(CCC(=O)NC(C)COc2ccccc2F)cc1OC. The molecule has 0 heterocycles. The first-order chi connectivity index (χ1) is 12.5. The summed E-state index contributed by atoms with van der Waals surface area (Å²) in [5.41, 5.74) is 0.980. The first kappa shape index (κ1) is 19.6. The van der Waals surface area contributed by atoms with Crippen LogP contribution in [0.3, 0.4) is 0 Å². The van der Waals surface area contributed by atoms with Crippen LogP contribution < -0.4 is 19.5 Å². The molecule has 0 aliphatic carbocycles. The van der Waals surface area contributed by atoms with Gasteiger partial charge in [-0.05, 0) is 43.2 Å². The van der Waals surface area contributed by atoms with Crippen molar-refractivity contribution in [1.29, 1.82) is 0 Å². The van der Waals surface area contributed by atoms with Crippen LogP contribution in [0.2, 0.25) is 0 Å². The van der Waals surface area contributed by atoms with E-state index in [2.05, 4.69) is 5.32 Å². The summed E-state index contributed by atoms with van der Waals surface area (Å²) in [5.74, 6) is 0.958. The predicted octanol–water partition coefficient (Wildman–Crippen LogP) is 3.36. The van der Waals surface area contributed by atoms with E-state index in [0.29, 0.717) is 24.3 Å². The van der Waals surface area contributed by atoms with Crippen molar-refractivity contribution < 1.29 is 23.4 Å². The summed E-state index contributed by atoms with van der Waals surface area (Å²) in [4.78, 5) is 12.1. The average Bonchev–Trinajstić information content (AvgIpc) is 2.65. The monoisotopic (exact) mass is 361 g/mol. The molecular formula is C20H24FNO4. The number of ether oxygens (including phenoxy) is 3. The highest BCUT2D eigenvalue weighted by atomic mass is 19.1. The summed E-state index contributed by atoms with van der Waals surface area (Å²) < 4.78 is 29.3. The van der Waals surface area contributed by atoms with Crippen LogP contribution in [0.15, 0.2) is 42.5 Å². The van der Waals surface area contributed by atoms with E-state index in [-0.39, 0.29) is 24.3 Å². The number of rotatable bonds is 9. The number of nitrogens with one attached hydrogen (secondary N) is 1. The Bertz CT molecular complexity index is 736. The Morgan fingerprint density at radius 3 is 2.50 bits per heavy atom. The Labute approximate surface area is 153 Å². The van der Waals surface area contributed by atoms with Gasteiger partial charge in [0.15, 0.2) is 23.1 Å². The summed E-state index contributed by atoms with van der Waals surface area (Å²) in [7, 11) is 3.15. The molecule has 2 rings (SSSR count). The van der Waals surface area contributed by atoms with Crippen LogP contribution >= 0.6 is 0 Å². The Morgan fingerprint density at radius 2 is 1.81 bits per heavy atom. The molecule has 26 heavy (non-hydrogen) atoms. The first-order valence-electron chi connectivity index (χ1n) is 8.41. The number of aryl methyl sites for hydroxylation is 1. The Kier molecular flexibility index (Phi) is 7.26. The molecule has 0 bridgehead atoms. The topological polar surface area (TPSA) is 56.8 Å². The molecule has 1 amide bonds. The number of hydrogen-bond donors (Lipinski definition) is 1. The molecular weight excluding hydrogens is 337 g/mol. The zero-order chi connectivity index (χ0) is 18.9. The fourth-order valence-electron chi connectivity index (χ4n) is 2.46. The molecule has 0 radical (unpaired) electrons. The van der Waals surface area contributed by atoms with E-state index in [1.807, 2.05) is 25.1 Å². The minimum Gasteiger partial charge on any atom is -0.493 e. The van der Waals surface area contributed by atoms with Crippen molar-refractivity contribution in [1.82, 2.24) is 5.32 Å². The zero-order valence-electron chi connectivity index (χ0n) is 15.3. The van der Waals surface area contributed by atoms with Gasteiger partial charge in [0.25, 0.3) is 0 Å². The molecule has 0 fully saturated rings. The molecule has 1 unspecified atom stereocenters. The number of carbonyl (C=O) groups excluding carboxylic acids is 1. The van der Waals surface area contributed by atoms with Gasteiger partial charge in [-0.2, -0.15) is 0 Å². The molecule has 140 valence electrons. The molecule has 2 aromatic carbocycles. The largest absolute Gasteiger partial charge is 0.493 e.